The van der Waals surface area contributed by atoms with Gasteiger partial charge in [-0.25, -0.2) is 13.1 Å². The van der Waals surface area contributed by atoms with Crippen LogP contribution >= 0.6 is 0 Å². The molecule has 0 aliphatic rings. The summed E-state index contributed by atoms with van der Waals surface area (Å²) in [7, 11) is -3.36. The summed E-state index contributed by atoms with van der Waals surface area (Å²) in [6.45, 7) is 1.52. The van der Waals surface area contributed by atoms with Gasteiger partial charge in [-0.15, -0.1) is 0 Å². The van der Waals surface area contributed by atoms with Crippen molar-refractivity contribution in [3.63, 3.8) is 0 Å². The van der Waals surface area contributed by atoms with Gasteiger partial charge in [0.05, 0.1) is 5.75 Å². The van der Waals surface area contributed by atoms with E-state index in [1.54, 1.807) is 30.3 Å². The Hall–Kier alpha value is -1.20. The lowest BCUT2D eigenvalue weighted by Gasteiger charge is -2.12. The summed E-state index contributed by atoms with van der Waals surface area (Å²) in [6, 6.07) is 7.93. The summed E-state index contributed by atoms with van der Waals surface area (Å²) in [4.78, 5) is 10.8. The molecule has 1 aromatic carbocycles. The van der Waals surface area contributed by atoms with Crippen LogP contribution in [0.25, 0.3) is 0 Å². The van der Waals surface area contributed by atoms with E-state index < -0.39 is 16.1 Å². The van der Waals surface area contributed by atoms with Crippen LogP contribution in [0.1, 0.15) is 18.5 Å². The van der Waals surface area contributed by atoms with Crippen LogP contribution in [0.15, 0.2) is 30.3 Å². The Bertz CT molecular complexity index is 414. The molecule has 1 N–H and O–H groups in total. The number of sulfonamides is 1. The molecule has 0 amide bonds. The summed E-state index contributed by atoms with van der Waals surface area (Å²) in [6.07, 6.45) is 0.586. The molecule has 0 spiro atoms. The molecule has 82 valence electrons. The van der Waals surface area contributed by atoms with Gasteiger partial charge in [0.2, 0.25) is 10.0 Å². The van der Waals surface area contributed by atoms with Gasteiger partial charge in [-0.1, -0.05) is 30.3 Å². The zero-order valence-electron chi connectivity index (χ0n) is 8.38. The fraction of sp³-hybridized carbons (Fsp3) is 0.300. The van der Waals surface area contributed by atoms with Crippen molar-refractivity contribution in [2.75, 3.05) is 5.75 Å². The van der Waals surface area contributed by atoms with Crippen LogP contribution in [0.4, 0.5) is 0 Å². The minimum Gasteiger partial charge on any atom is -0.301 e. The predicted molar refractivity (Wildman–Crippen MR) is 57.8 cm³/mol. The third-order valence-corrected chi connectivity index (χ3v) is 3.35. The Morgan fingerprint density at radius 2 is 1.93 bits per heavy atom. The molecule has 1 atom stereocenters. The molecule has 5 heteroatoms. The first-order valence-corrected chi connectivity index (χ1v) is 6.24. The summed E-state index contributed by atoms with van der Waals surface area (Å²) in [5.74, 6) is -0.0375. The smallest absolute Gasteiger partial charge is 0.212 e. The fourth-order valence-electron chi connectivity index (χ4n) is 1.11. The lowest BCUT2D eigenvalue weighted by atomic mass is 10.1. The molecule has 4 nitrogen and oxygen atoms in total. The molecule has 1 aromatic rings. The van der Waals surface area contributed by atoms with Crippen LogP contribution in [-0.2, 0) is 14.8 Å². The number of rotatable bonds is 5. The van der Waals surface area contributed by atoms with Gasteiger partial charge >= 0.3 is 0 Å². The van der Waals surface area contributed by atoms with Crippen molar-refractivity contribution >= 4 is 16.3 Å². The third kappa shape index (κ3) is 3.45. The van der Waals surface area contributed by atoms with E-state index in [2.05, 4.69) is 4.72 Å². The Morgan fingerprint density at radius 1 is 1.33 bits per heavy atom. The van der Waals surface area contributed by atoms with E-state index in [1.165, 1.54) is 6.92 Å². The molecule has 0 saturated carbocycles. The van der Waals surface area contributed by atoms with Gasteiger partial charge in [0, 0.05) is 0 Å². The number of nitrogens with one attached hydrogen (secondary N) is 1. The molecule has 0 aliphatic heterocycles. The van der Waals surface area contributed by atoms with Crippen molar-refractivity contribution in [3.05, 3.63) is 35.9 Å². The van der Waals surface area contributed by atoms with Gasteiger partial charge < -0.3 is 4.79 Å². The van der Waals surface area contributed by atoms with Crippen LogP contribution in [0.2, 0.25) is 0 Å². The van der Waals surface area contributed by atoms with Crippen molar-refractivity contribution in [2.45, 2.75) is 13.0 Å². The van der Waals surface area contributed by atoms with Crippen molar-refractivity contribution in [1.82, 2.24) is 4.72 Å². The van der Waals surface area contributed by atoms with Gasteiger partial charge in [-0.05, 0) is 12.5 Å². The zero-order valence-corrected chi connectivity index (χ0v) is 9.20. The molecule has 0 radical (unpaired) electrons. The van der Waals surface area contributed by atoms with Crippen molar-refractivity contribution in [2.24, 2.45) is 0 Å². The first kappa shape index (κ1) is 11.9. The second kappa shape index (κ2) is 5.04. The van der Waals surface area contributed by atoms with E-state index in [9.17, 15) is 13.2 Å². The Balaban J connectivity index is 2.87. The molecule has 1 rings (SSSR count). The molecule has 0 bridgehead atoms. The van der Waals surface area contributed by atoms with E-state index in [1.807, 2.05) is 0 Å². The largest absolute Gasteiger partial charge is 0.301 e. The molecule has 0 heterocycles. The second-order valence-corrected chi connectivity index (χ2v) is 5.09. The van der Waals surface area contributed by atoms with Gasteiger partial charge in [0.15, 0.2) is 0 Å². The molecule has 0 saturated heterocycles. The first-order valence-electron chi connectivity index (χ1n) is 4.59. The highest BCUT2D eigenvalue weighted by atomic mass is 32.2. The van der Waals surface area contributed by atoms with Crippen LogP contribution in [0, 0.1) is 0 Å². The number of carbonyl (C=O) groups excluding carboxylic acids is 1. The highest BCUT2D eigenvalue weighted by molar-refractivity contribution is 7.89. The maximum atomic E-state index is 11.3. The van der Waals surface area contributed by atoms with Gasteiger partial charge in [0.25, 0.3) is 0 Å². The third-order valence-electron chi connectivity index (χ3n) is 1.98. The number of aldehydes is 1. The molecule has 0 aromatic heterocycles. The average molecular weight is 227 g/mol. The lowest BCUT2D eigenvalue weighted by molar-refractivity contribution is -0.109. The highest BCUT2D eigenvalue weighted by Crippen LogP contribution is 2.10. The molecule has 0 fully saturated rings. The number of hydrogen-bond acceptors (Lipinski definition) is 3. The summed E-state index contributed by atoms with van der Waals surface area (Å²) in [5.41, 5.74) is 0.643. The number of carbonyl (C=O) groups is 1. The molecular formula is C10H13NO3S. The Morgan fingerprint density at radius 3 is 2.40 bits per heavy atom. The van der Waals surface area contributed by atoms with E-state index in [-0.39, 0.29) is 5.75 Å². The summed E-state index contributed by atoms with van der Waals surface area (Å²) >= 11 is 0. The maximum absolute atomic E-state index is 11.3. The van der Waals surface area contributed by atoms with E-state index >= 15 is 0 Å². The van der Waals surface area contributed by atoms with Crippen LogP contribution < -0.4 is 4.72 Å². The highest BCUT2D eigenvalue weighted by Gasteiger charge is 2.16. The van der Waals surface area contributed by atoms with Gasteiger partial charge in [-0.3, -0.25) is 0 Å². The minimum atomic E-state index is -3.36. The van der Waals surface area contributed by atoms with Crippen molar-refractivity contribution in [1.29, 1.82) is 0 Å². The zero-order chi connectivity index (χ0) is 11.3. The topological polar surface area (TPSA) is 63.2 Å². The predicted octanol–water partition coefficient (Wildman–Crippen LogP) is 0.866. The van der Waals surface area contributed by atoms with Crippen LogP contribution in [-0.4, -0.2) is 20.5 Å². The average Bonchev–Trinajstić information content (AvgIpc) is 2.27. The fourth-order valence-corrected chi connectivity index (χ4v) is 1.86. The second-order valence-electron chi connectivity index (χ2n) is 3.05. The molecule has 1 unspecified atom stereocenters. The normalized spacial score (nSPS) is 13.4. The van der Waals surface area contributed by atoms with Crippen molar-refractivity contribution in [3.8, 4) is 0 Å². The SMILES string of the molecule is CCS(=O)(=O)NC(C=O)c1ccccc1. The summed E-state index contributed by atoms with van der Waals surface area (Å²) < 4.78 is 24.9. The lowest BCUT2D eigenvalue weighted by Crippen LogP contribution is -2.30. The van der Waals surface area contributed by atoms with E-state index in [4.69, 9.17) is 0 Å². The number of hydrogen-bond donors (Lipinski definition) is 1. The minimum absolute atomic E-state index is 0.0375. The molecule has 0 aliphatic carbocycles. The van der Waals surface area contributed by atoms with Gasteiger partial charge in [-0.2, -0.15) is 0 Å². The number of benzene rings is 1. The van der Waals surface area contributed by atoms with Crippen LogP contribution in [0.3, 0.4) is 0 Å². The Kier molecular flexibility index (Phi) is 3.99. The monoisotopic (exact) mass is 227 g/mol. The summed E-state index contributed by atoms with van der Waals surface area (Å²) in [5, 5.41) is 0. The molecule has 15 heavy (non-hydrogen) atoms. The maximum Gasteiger partial charge on any atom is 0.212 e. The van der Waals surface area contributed by atoms with E-state index in [0.717, 1.165) is 0 Å². The Labute approximate surface area is 89.4 Å². The standard InChI is InChI=1S/C10H13NO3S/c1-2-15(13,14)11-10(8-12)9-6-4-3-5-7-9/h3-8,10-11H,2H2,1H3. The molecular weight excluding hydrogens is 214 g/mol. The van der Waals surface area contributed by atoms with Crippen molar-refractivity contribution < 1.29 is 13.2 Å². The van der Waals surface area contributed by atoms with Crippen LogP contribution in [0.5, 0.6) is 0 Å². The first-order chi connectivity index (χ1) is 7.09. The quantitative estimate of drug-likeness (QED) is 0.759. The van der Waals surface area contributed by atoms with Gasteiger partial charge in [0.1, 0.15) is 12.3 Å². The van der Waals surface area contributed by atoms with E-state index in [0.29, 0.717) is 11.8 Å².